The molecule has 2 aromatic heterocycles. The third kappa shape index (κ3) is 4.15. The Morgan fingerprint density at radius 3 is 2.70 bits per heavy atom. The number of hydrogen-bond acceptors (Lipinski definition) is 5. The number of rotatable bonds is 5. The van der Waals surface area contributed by atoms with Gasteiger partial charge >= 0.3 is 0 Å². The molecule has 134 valence electrons. The highest BCUT2D eigenvalue weighted by Gasteiger charge is 2.07. The average Bonchev–Trinajstić information content (AvgIpc) is 3.16. The minimum absolute atomic E-state index is 0.479. The molecule has 2 aromatic carbocycles. The van der Waals surface area contributed by atoms with Crippen molar-refractivity contribution in [3.8, 4) is 22.6 Å². The molecule has 0 spiro atoms. The number of nitrogens with one attached hydrogen (secondary N) is 1. The summed E-state index contributed by atoms with van der Waals surface area (Å²) < 4.78 is 5.82. The predicted octanol–water partition coefficient (Wildman–Crippen LogP) is 5.37. The number of nitrogens with zero attached hydrogens (tertiary/aromatic N) is 3. The minimum atomic E-state index is 0.479. The van der Waals surface area contributed by atoms with Crippen LogP contribution in [0.3, 0.4) is 0 Å². The van der Waals surface area contributed by atoms with Crippen molar-refractivity contribution in [2.45, 2.75) is 13.5 Å². The number of hydrogen-bond donors (Lipinski definition) is 1. The number of aryl methyl sites for hydroxylation is 1. The van der Waals surface area contributed by atoms with Gasteiger partial charge in [-0.05, 0) is 37.3 Å². The van der Waals surface area contributed by atoms with Crippen molar-refractivity contribution >= 4 is 17.3 Å². The highest BCUT2D eigenvalue weighted by atomic mass is 35.5. The molecule has 0 radical (unpaired) electrons. The molecular formula is C21H17ClN4O. The van der Waals surface area contributed by atoms with E-state index in [1.807, 2.05) is 61.5 Å². The van der Waals surface area contributed by atoms with Crippen molar-refractivity contribution in [3.05, 3.63) is 83.7 Å². The predicted molar refractivity (Wildman–Crippen MR) is 106 cm³/mol. The van der Waals surface area contributed by atoms with E-state index in [0.717, 1.165) is 28.3 Å². The number of halogens is 1. The summed E-state index contributed by atoms with van der Waals surface area (Å²) in [7, 11) is 0. The Labute approximate surface area is 162 Å². The fraction of sp³-hybridized carbons (Fsp3) is 0.0952. The number of anilines is 1. The van der Waals surface area contributed by atoms with Gasteiger partial charge in [0.2, 0.25) is 5.89 Å². The number of oxazole rings is 1. The number of benzene rings is 2. The Kier molecular flexibility index (Phi) is 4.85. The Balaban J connectivity index is 1.47. The van der Waals surface area contributed by atoms with E-state index in [1.54, 1.807) is 12.4 Å². The second-order valence-electron chi connectivity index (χ2n) is 6.05. The number of aromatic nitrogens is 3. The van der Waals surface area contributed by atoms with Gasteiger partial charge < -0.3 is 9.73 Å². The highest BCUT2D eigenvalue weighted by molar-refractivity contribution is 6.30. The van der Waals surface area contributed by atoms with E-state index < -0.39 is 0 Å². The summed E-state index contributed by atoms with van der Waals surface area (Å²) in [6, 6.07) is 17.5. The van der Waals surface area contributed by atoms with Gasteiger partial charge in [-0.3, -0.25) is 0 Å². The standard InChI is InChI=1S/C21H17ClN4O/c1-14-23-9-8-19(26-14)15-4-3-7-18(11-15)24-13-21-25-12-20(27-21)16-5-2-6-17(22)10-16/h2-12,24H,13H2,1H3. The van der Waals surface area contributed by atoms with E-state index in [2.05, 4.69) is 20.3 Å². The first-order valence-electron chi connectivity index (χ1n) is 8.52. The molecule has 5 nitrogen and oxygen atoms in total. The first-order valence-corrected chi connectivity index (χ1v) is 8.90. The zero-order chi connectivity index (χ0) is 18.6. The van der Waals surface area contributed by atoms with Gasteiger partial charge in [0.15, 0.2) is 5.76 Å². The Morgan fingerprint density at radius 2 is 1.85 bits per heavy atom. The third-order valence-electron chi connectivity index (χ3n) is 4.04. The average molecular weight is 377 g/mol. The van der Waals surface area contributed by atoms with Crippen LogP contribution in [-0.2, 0) is 6.54 Å². The highest BCUT2D eigenvalue weighted by Crippen LogP contribution is 2.24. The van der Waals surface area contributed by atoms with Crippen LogP contribution in [0.4, 0.5) is 5.69 Å². The lowest BCUT2D eigenvalue weighted by atomic mass is 10.1. The van der Waals surface area contributed by atoms with Crippen LogP contribution < -0.4 is 5.32 Å². The van der Waals surface area contributed by atoms with Crippen LogP contribution in [0.1, 0.15) is 11.7 Å². The summed E-state index contributed by atoms with van der Waals surface area (Å²) in [5.74, 6) is 2.05. The minimum Gasteiger partial charge on any atom is -0.439 e. The van der Waals surface area contributed by atoms with Crippen molar-refractivity contribution in [1.29, 1.82) is 0 Å². The van der Waals surface area contributed by atoms with E-state index in [-0.39, 0.29) is 0 Å². The van der Waals surface area contributed by atoms with Gasteiger partial charge in [-0.1, -0.05) is 35.9 Å². The molecule has 2 heterocycles. The summed E-state index contributed by atoms with van der Waals surface area (Å²) in [4.78, 5) is 12.9. The summed E-state index contributed by atoms with van der Waals surface area (Å²) in [5.41, 5.74) is 3.79. The SMILES string of the molecule is Cc1nccc(-c2cccc(NCc3ncc(-c4cccc(Cl)c4)o3)c2)n1. The monoisotopic (exact) mass is 376 g/mol. The topological polar surface area (TPSA) is 63.8 Å². The zero-order valence-corrected chi connectivity index (χ0v) is 15.4. The first kappa shape index (κ1) is 17.2. The van der Waals surface area contributed by atoms with Crippen molar-refractivity contribution < 1.29 is 4.42 Å². The van der Waals surface area contributed by atoms with Crippen LogP contribution >= 0.6 is 11.6 Å². The van der Waals surface area contributed by atoms with Gasteiger partial charge in [-0.2, -0.15) is 0 Å². The summed E-state index contributed by atoms with van der Waals surface area (Å²) in [6.45, 7) is 2.36. The van der Waals surface area contributed by atoms with Crippen LogP contribution in [0, 0.1) is 6.92 Å². The molecule has 4 aromatic rings. The summed E-state index contributed by atoms with van der Waals surface area (Å²) in [6.07, 6.45) is 3.48. The van der Waals surface area contributed by atoms with Crippen molar-refractivity contribution in [2.75, 3.05) is 5.32 Å². The van der Waals surface area contributed by atoms with Crippen LogP contribution in [-0.4, -0.2) is 15.0 Å². The lowest BCUT2D eigenvalue weighted by molar-refractivity contribution is 0.516. The van der Waals surface area contributed by atoms with Gasteiger partial charge in [0, 0.05) is 28.0 Å². The Bertz CT molecular complexity index is 1080. The fourth-order valence-electron chi connectivity index (χ4n) is 2.75. The van der Waals surface area contributed by atoms with Crippen LogP contribution in [0.2, 0.25) is 5.02 Å². The second kappa shape index (κ2) is 7.60. The molecule has 0 saturated carbocycles. The van der Waals surface area contributed by atoms with Gasteiger partial charge in [0.05, 0.1) is 18.4 Å². The molecule has 0 bridgehead atoms. The smallest absolute Gasteiger partial charge is 0.214 e. The Hall–Kier alpha value is -3.18. The molecule has 0 aliphatic heterocycles. The van der Waals surface area contributed by atoms with Crippen LogP contribution in [0.25, 0.3) is 22.6 Å². The van der Waals surface area contributed by atoms with Crippen molar-refractivity contribution in [2.24, 2.45) is 0 Å². The maximum absolute atomic E-state index is 6.03. The lowest BCUT2D eigenvalue weighted by Gasteiger charge is -2.07. The molecule has 1 N–H and O–H groups in total. The van der Waals surface area contributed by atoms with Crippen LogP contribution in [0.15, 0.2) is 71.4 Å². The van der Waals surface area contributed by atoms with Crippen molar-refractivity contribution in [3.63, 3.8) is 0 Å². The maximum Gasteiger partial charge on any atom is 0.214 e. The molecular weight excluding hydrogens is 360 g/mol. The van der Waals surface area contributed by atoms with Gasteiger partial charge in [-0.15, -0.1) is 0 Å². The molecule has 6 heteroatoms. The fourth-order valence-corrected chi connectivity index (χ4v) is 2.94. The van der Waals surface area contributed by atoms with Crippen LogP contribution in [0.5, 0.6) is 0 Å². The largest absolute Gasteiger partial charge is 0.439 e. The van der Waals surface area contributed by atoms with Gasteiger partial charge in [-0.25, -0.2) is 15.0 Å². The van der Waals surface area contributed by atoms with E-state index in [0.29, 0.717) is 23.2 Å². The summed E-state index contributed by atoms with van der Waals surface area (Å²) in [5, 5.41) is 4.00. The molecule has 0 saturated heterocycles. The quantitative estimate of drug-likeness (QED) is 0.507. The van der Waals surface area contributed by atoms with Gasteiger partial charge in [0.25, 0.3) is 0 Å². The molecule has 0 atom stereocenters. The molecule has 0 amide bonds. The van der Waals surface area contributed by atoms with E-state index in [1.165, 1.54) is 0 Å². The van der Waals surface area contributed by atoms with E-state index in [4.69, 9.17) is 16.0 Å². The zero-order valence-electron chi connectivity index (χ0n) is 14.7. The molecule has 0 aliphatic carbocycles. The normalized spacial score (nSPS) is 10.7. The lowest BCUT2D eigenvalue weighted by Crippen LogP contribution is -1.99. The summed E-state index contributed by atoms with van der Waals surface area (Å²) >= 11 is 6.03. The maximum atomic E-state index is 6.03. The van der Waals surface area contributed by atoms with Gasteiger partial charge in [0.1, 0.15) is 5.82 Å². The molecule has 27 heavy (non-hydrogen) atoms. The van der Waals surface area contributed by atoms with E-state index in [9.17, 15) is 0 Å². The first-order chi connectivity index (χ1) is 13.2. The molecule has 0 fully saturated rings. The van der Waals surface area contributed by atoms with E-state index >= 15 is 0 Å². The van der Waals surface area contributed by atoms with Crippen molar-refractivity contribution in [1.82, 2.24) is 15.0 Å². The second-order valence-corrected chi connectivity index (χ2v) is 6.49. The molecule has 0 aliphatic rings. The third-order valence-corrected chi connectivity index (χ3v) is 4.28. The molecule has 4 rings (SSSR count). The Morgan fingerprint density at radius 1 is 1.00 bits per heavy atom. The molecule has 0 unspecified atom stereocenters.